The molecular weight excluding hydrogens is 238 g/mol. The number of hydrogen-bond donors (Lipinski definition) is 1. The maximum Gasteiger partial charge on any atom is 0.212 e. The summed E-state index contributed by atoms with van der Waals surface area (Å²) < 4.78 is 31.2. The number of halogens is 1. The molecule has 1 N–H and O–H groups in total. The summed E-state index contributed by atoms with van der Waals surface area (Å²) in [6, 6.07) is 0. The van der Waals surface area contributed by atoms with Gasteiger partial charge < -0.3 is 4.74 Å². The van der Waals surface area contributed by atoms with Gasteiger partial charge in [0.25, 0.3) is 0 Å². The first-order chi connectivity index (χ1) is 6.97. The number of sulfonamides is 1. The summed E-state index contributed by atoms with van der Waals surface area (Å²) >= 11 is 5.47. The Morgan fingerprint density at radius 2 is 2.00 bits per heavy atom. The second-order valence-corrected chi connectivity index (χ2v) is 6.36. The number of alkyl halides is 1. The second kappa shape index (κ2) is 5.48. The minimum atomic E-state index is -3.19. The number of rotatable bonds is 5. The van der Waals surface area contributed by atoms with Crippen LogP contribution in [0.4, 0.5) is 0 Å². The lowest BCUT2D eigenvalue weighted by Crippen LogP contribution is -2.50. The molecule has 0 spiro atoms. The molecule has 0 saturated carbocycles. The van der Waals surface area contributed by atoms with Crippen molar-refractivity contribution < 1.29 is 13.2 Å². The molecule has 0 aromatic carbocycles. The molecule has 0 aromatic rings. The molecule has 0 aromatic heterocycles. The van der Waals surface area contributed by atoms with Crippen LogP contribution in [-0.2, 0) is 14.8 Å². The van der Waals surface area contributed by atoms with Crippen molar-refractivity contribution in [1.82, 2.24) is 4.72 Å². The van der Waals surface area contributed by atoms with Crippen LogP contribution in [0.5, 0.6) is 0 Å². The lowest BCUT2D eigenvalue weighted by atomic mass is 9.94. The van der Waals surface area contributed by atoms with Gasteiger partial charge in [0.05, 0.1) is 5.75 Å². The smallest absolute Gasteiger partial charge is 0.212 e. The quantitative estimate of drug-likeness (QED) is 0.749. The topological polar surface area (TPSA) is 55.4 Å². The van der Waals surface area contributed by atoms with Crippen LogP contribution < -0.4 is 4.72 Å². The molecule has 0 bridgehead atoms. The van der Waals surface area contributed by atoms with Crippen LogP contribution in [0.2, 0.25) is 0 Å². The van der Waals surface area contributed by atoms with Gasteiger partial charge in [-0.25, -0.2) is 13.1 Å². The Kier molecular flexibility index (Phi) is 4.83. The normalized spacial score (nSPS) is 21.5. The fourth-order valence-corrected chi connectivity index (χ4v) is 3.47. The van der Waals surface area contributed by atoms with Crippen molar-refractivity contribution in [2.24, 2.45) is 0 Å². The molecule has 1 aliphatic heterocycles. The maximum absolute atomic E-state index is 11.7. The highest BCUT2D eigenvalue weighted by Crippen LogP contribution is 2.20. The second-order valence-electron chi connectivity index (χ2n) is 4.14. The highest BCUT2D eigenvalue weighted by atomic mass is 35.5. The molecule has 1 heterocycles. The van der Waals surface area contributed by atoms with E-state index in [1.807, 2.05) is 6.92 Å². The molecule has 0 radical (unpaired) electrons. The zero-order chi connectivity index (χ0) is 11.4. The van der Waals surface area contributed by atoms with E-state index in [9.17, 15) is 8.42 Å². The SMILES string of the molecule is CC1(NS(=O)(=O)CCCCl)CCOCC1. The average molecular weight is 256 g/mol. The highest BCUT2D eigenvalue weighted by Gasteiger charge is 2.31. The van der Waals surface area contributed by atoms with Gasteiger partial charge in [-0.15, -0.1) is 11.6 Å². The van der Waals surface area contributed by atoms with Crippen molar-refractivity contribution in [2.45, 2.75) is 31.7 Å². The van der Waals surface area contributed by atoms with Crippen molar-refractivity contribution in [3.8, 4) is 0 Å². The lowest BCUT2D eigenvalue weighted by molar-refractivity contribution is 0.0537. The molecule has 90 valence electrons. The average Bonchev–Trinajstić information content (AvgIpc) is 2.14. The van der Waals surface area contributed by atoms with Crippen molar-refractivity contribution in [2.75, 3.05) is 24.8 Å². The zero-order valence-corrected chi connectivity index (χ0v) is 10.5. The molecule has 4 nitrogen and oxygen atoms in total. The number of hydrogen-bond acceptors (Lipinski definition) is 3. The minimum Gasteiger partial charge on any atom is -0.381 e. The summed E-state index contributed by atoms with van der Waals surface area (Å²) in [5, 5.41) is 0. The van der Waals surface area contributed by atoms with Gasteiger partial charge in [-0.05, 0) is 26.2 Å². The van der Waals surface area contributed by atoms with Crippen molar-refractivity contribution >= 4 is 21.6 Å². The Morgan fingerprint density at radius 3 is 2.53 bits per heavy atom. The van der Waals surface area contributed by atoms with Crippen LogP contribution in [0, 0.1) is 0 Å². The van der Waals surface area contributed by atoms with E-state index in [-0.39, 0.29) is 11.3 Å². The van der Waals surface area contributed by atoms with Gasteiger partial charge >= 0.3 is 0 Å². The van der Waals surface area contributed by atoms with Crippen LogP contribution in [0.15, 0.2) is 0 Å². The van der Waals surface area contributed by atoms with Crippen LogP contribution in [0.25, 0.3) is 0 Å². The first-order valence-corrected chi connectivity index (χ1v) is 7.31. The molecule has 1 aliphatic rings. The van der Waals surface area contributed by atoms with Crippen LogP contribution in [0.3, 0.4) is 0 Å². The molecule has 0 aliphatic carbocycles. The largest absolute Gasteiger partial charge is 0.381 e. The predicted molar refractivity (Wildman–Crippen MR) is 60.7 cm³/mol. The van der Waals surface area contributed by atoms with Crippen molar-refractivity contribution in [3.63, 3.8) is 0 Å². The fourth-order valence-electron chi connectivity index (χ4n) is 1.60. The fraction of sp³-hybridized carbons (Fsp3) is 1.00. The number of nitrogens with one attached hydrogen (secondary N) is 1. The van der Waals surface area contributed by atoms with Gasteiger partial charge in [-0.3, -0.25) is 0 Å². The van der Waals surface area contributed by atoms with Crippen LogP contribution in [-0.4, -0.2) is 38.8 Å². The first kappa shape index (κ1) is 13.2. The van der Waals surface area contributed by atoms with Gasteiger partial charge in [0, 0.05) is 24.6 Å². The van der Waals surface area contributed by atoms with Gasteiger partial charge in [0.2, 0.25) is 10.0 Å². The van der Waals surface area contributed by atoms with E-state index in [1.165, 1.54) is 0 Å². The summed E-state index contributed by atoms with van der Waals surface area (Å²) in [6.45, 7) is 3.16. The third kappa shape index (κ3) is 4.68. The highest BCUT2D eigenvalue weighted by molar-refractivity contribution is 7.89. The van der Waals surface area contributed by atoms with E-state index in [1.54, 1.807) is 0 Å². The molecule has 6 heteroatoms. The van der Waals surface area contributed by atoms with E-state index in [0.29, 0.717) is 25.5 Å². The van der Waals surface area contributed by atoms with E-state index < -0.39 is 10.0 Å². The van der Waals surface area contributed by atoms with E-state index >= 15 is 0 Å². The zero-order valence-electron chi connectivity index (χ0n) is 8.96. The van der Waals surface area contributed by atoms with Crippen LogP contribution in [0.1, 0.15) is 26.2 Å². The van der Waals surface area contributed by atoms with Crippen LogP contribution >= 0.6 is 11.6 Å². The molecule has 1 rings (SSSR count). The molecule has 0 atom stereocenters. The Hall–Kier alpha value is 0.160. The molecule has 1 fully saturated rings. The van der Waals surface area contributed by atoms with E-state index in [0.717, 1.165) is 12.8 Å². The summed E-state index contributed by atoms with van der Waals surface area (Å²) in [6.07, 6.45) is 1.95. The Morgan fingerprint density at radius 1 is 1.40 bits per heavy atom. The minimum absolute atomic E-state index is 0.104. The monoisotopic (exact) mass is 255 g/mol. The number of ether oxygens (including phenoxy) is 1. The van der Waals surface area contributed by atoms with E-state index in [4.69, 9.17) is 16.3 Å². The molecule has 0 amide bonds. The molecule has 15 heavy (non-hydrogen) atoms. The molecule has 1 saturated heterocycles. The lowest BCUT2D eigenvalue weighted by Gasteiger charge is -2.33. The third-order valence-electron chi connectivity index (χ3n) is 2.54. The summed E-state index contributed by atoms with van der Waals surface area (Å²) in [4.78, 5) is 0. The van der Waals surface area contributed by atoms with Gasteiger partial charge in [0.1, 0.15) is 0 Å². The first-order valence-electron chi connectivity index (χ1n) is 5.13. The van der Waals surface area contributed by atoms with Crippen molar-refractivity contribution in [3.05, 3.63) is 0 Å². The summed E-state index contributed by atoms with van der Waals surface area (Å²) in [5.41, 5.74) is -0.344. The van der Waals surface area contributed by atoms with Gasteiger partial charge in [-0.1, -0.05) is 0 Å². The summed E-state index contributed by atoms with van der Waals surface area (Å²) in [7, 11) is -3.19. The van der Waals surface area contributed by atoms with E-state index in [2.05, 4.69) is 4.72 Å². The maximum atomic E-state index is 11.7. The summed E-state index contributed by atoms with van der Waals surface area (Å²) in [5.74, 6) is 0.480. The standard InChI is InChI=1S/C9H18ClNO3S/c1-9(3-6-14-7-4-9)11-15(12,13)8-2-5-10/h11H,2-8H2,1H3. The molecule has 0 unspecified atom stereocenters. The van der Waals surface area contributed by atoms with Crippen molar-refractivity contribution in [1.29, 1.82) is 0 Å². The predicted octanol–water partition coefficient (Wildman–Crippen LogP) is 1.10. The Bertz CT molecular complexity index is 286. The van der Waals surface area contributed by atoms with Gasteiger partial charge in [0.15, 0.2) is 0 Å². The Balaban J connectivity index is 2.51. The molecular formula is C9H18ClNO3S. The third-order valence-corrected chi connectivity index (χ3v) is 4.44. The van der Waals surface area contributed by atoms with Gasteiger partial charge in [-0.2, -0.15) is 0 Å². The Labute approximate surface area is 96.4 Å².